The molecule has 1 aliphatic rings. The van der Waals surface area contributed by atoms with E-state index in [4.69, 9.17) is 10.5 Å². The molecule has 1 aliphatic carbocycles. The number of ether oxygens (including phenoxy) is 1. The van der Waals surface area contributed by atoms with Crippen molar-refractivity contribution in [3.05, 3.63) is 29.8 Å². The first-order valence-corrected chi connectivity index (χ1v) is 7.29. The van der Waals surface area contributed by atoms with Gasteiger partial charge in [-0.2, -0.15) is 0 Å². The van der Waals surface area contributed by atoms with Gasteiger partial charge in [-0.05, 0) is 25.8 Å². The Labute approximate surface area is 120 Å². The molecule has 3 N–H and O–H groups in total. The van der Waals surface area contributed by atoms with E-state index >= 15 is 0 Å². The Balaban J connectivity index is 2.07. The van der Waals surface area contributed by atoms with E-state index in [1.807, 2.05) is 31.2 Å². The third kappa shape index (κ3) is 3.12. The molecule has 0 aliphatic heterocycles. The molecule has 110 valence electrons. The van der Waals surface area contributed by atoms with Gasteiger partial charge in [0, 0.05) is 5.56 Å². The summed E-state index contributed by atoms with van der Waals surface area (Å²) in [4.78, 5) is 12.4. The molecular weight excluding hydrogens is 252 g/mol. The van der Waals surface area contributed by atoms with E-state index < -0.39 is 5.54 Å². The lowest BCUT2D eigenvalue weighted by Crippen LogP contribution is -2.55. The lowest BCUT2D eigenvalue weighted by atomic mass is 9.81. The van der Waals surface area contributed by atoms with Crippen LogP contribution in [0.15, 0.2) is 24.3 Å². The van der Waals surface area contributed by atoms with E-state index in [9.17, 15) is 4.79 Å². The number of amides is 1. The number of carbonyl (C=O) groups is 1. The highest BCUT2D eigenvalue weighted by molar-refractivity contribution is 5.86. The summed E-state index contributed by atoms with van der Waals surface area (Å²) in [7, 11) is 1.64. The van der Waals surface area contributed by atoms with E-state index in [0.29, 0.717) is 0 Å². The number of hydrogen-bond donors (Lipinski definition) is 2. The summed E-state index contributed by atoms with van der Waals surface area (Å²) < 4.78 is 5.34. The Morgan fingerprint density at radius 3 is 2.60 bits per heavy atom. The quantitative estimate of drug-likeness (QED) is 0.888. The van der Waals surface area contributed by atoms with Gasteiger partial charge in [0.15, 0.2) is 0 Å². The van der Waals surface area contributed by atoms with E-state index in [1.54, 1.807) is 7.11 Å². The number of nitrogens with one attached hydrogen (secondary N) is 1. The normalized spacial score (nSPS) is 19.1. The zero-order valence-corrected chi connectivity index (χ0v) is 12.3. The van der Waals surface area contributed by atoms with E-state index in [2.05, 4.69) is 5.32 Å². The first-order valence-electron chi connectivity index (χ1n) is 7.29. The van der Waals surface area contributed by atoms with Gasteiger partial charge in [-0.3, -0.25) is 4.79 Å². The summed E-state index contributed by atoms with van der Waals surface area (Å²) in [6.45, 7) is 1.96. The number of nitrogens with two attached hydrogens (primary N) is 1. The summed E-state index contributed by atoms with van der Waals surface area (Å²) in [5, 5.41) is 3.04. The van der Waals surface area contributed by atoms with Crippen molar-refractivity contribution in [2.75, 3.05) is 7.11 Å². The Hall–Kier alpha value is -1.55. The van der Waals surface area contributed by atoms with Gasteiger partial charge < -0.3 is 15.8 Å². The van der Waals surface area contributed by atoms with Crippen molar-refractivity contribution in [3.63, 3.8) is 0 Å². The van der Waals surface area contributed by atoms with Crippen LogP contribution in [0.4, 0.5) is 0 Å². The number of carbonyl (C=O) groups excluding carboxylic acids is 1. The molecule has 4 heteroatoms. The molecule has 2 rings (SSSR count). The van der Waals surface area contributed by atoms with Crippen LogP contribution in [0.1, 0.15) is 50.6 Å². The lowest BCUT2D eigenvalue weighted by molar-refractivity contribution is -0.128. The molecule has 0 spiro atoms. The monoisotopic (exact) mass is 276 g/mol. The summed E-state index contributed by atoms with van der Waals surface area (Å²) >= 11 is 0. The molecule has 4 nitrogen and oxygen atoms in total. The van der Waals surface area contributed by atoms with Crippen LogP contribution in [0.2, 0.25) is 0 Å². The van der Waals surface area contributed by atoms with Crippen molar-refractivity contribution in [2.24, 2.45) is 5.73 Å². The van der Waals surface area contributed by atoms with Crippen LogP contribution in [0, 0.1) is 0 Å². The highest BCUT2D eigenvalue weighted by Gasteiger charge is 2.36. The average molecular weight is 276 g/mol. The van der Waals surface area contributed by atoms with Crippen LogP contribution in [0.3, 0.4) is 0 Å². The summed E-state index contributed by atoms with van der Waals surface area (Å²) in [6, 6.07) is 7.62. The fourth-order valence-corrected chi connectivity index (χ4v) is 2.85. The average Bonchev–Trinajstić information content (AvgIpc) is 2.47. The molecule has 0 saturated heterocycles. The van der Waals surface area contributed by atoms with Crippen LogP contribution in [0.5, 0.6) is 5.75 Å². The minimum Gasteiger partial charge on any atom is -0.496 e. The van der Waals surface area contributed by atoms with Gasteiger partial charge in [0.2, 0.25) is 5.91 Å². The summed E-state index contributed by atoms with van der Waals surface area (Å²) in [6.07, 6.45) is 4.79. The molecule has 20 heavy (non-hydrogen) atoms. The second-order valence-corrected chi connectivity index (χ2v) is 5.65. The standard InChI is InChI=1S/C16H24N2O2/c1-12(13-8-4-5-9-14(13)20-2)18-15(19)16(17)10-6-3-7-11-16/h4-5,8-9,12H,3,6-7,10-11,17H2,1-2H3,(H,18,19)/t12-/m1/s1. The van der Waals surface area contributed by atoms with Gasteiger partial charge in [-0.25, -0.2) is 0 Å². The highest BCUT2D eigenvalue weighted by atomic mass is 16.5. The number of rotatable bonds is 4. The molecule has 1 saturated carbocycles. The van der Waals surface area contributed by atoms with Gasteiger partial charge in [-0.1, -0.05) is 37.5 Å². The maximum atomic E-state index is 12.4. The van der Waals surface area contributed by atoms with Crippen LogP contribution in [0.25, 0.3) is 0 Å². The van der Waals surface area contributed by atoms with Crippen molar-refractivity contribution in [1.29, 1.82) is 0 Å². The van der Waals surface area contributed by atoms with Gasteiger partial charge >= 0.3 is 0 Å². The molecule has 1 aromatic rings. The van der Waals surface area contributed by atoms with Crippen LogP contribution in [-0.2, 0) is 4.79 Å². The molecule has 1 fully saturated rings. The molecule has 0 unspecified atom stereocenters. The maximum Gasteiger partial charge on any atom is 0.240 e. The predicted molar refractivity (Wildman–Crippen MR) is 79.6 cm³/mol. The third-order valence-corrected chi connectivity index (χ3v) is 4.15. The molecular formula is C16H24N2O2. The largest absolute Gasteiger partial charge is 0.496 e. The number of hydrogen-bond acceptors (Lipinski definition) is 3. The number of methoxy groups -OCH3 is 1. The Kier molecular flexibility index (Phi) is 4.65. The summed E-state index contributed by atoms with van der Waals surface area (Å²) in [5.74, 6) is 0.741. The molecule has 1 amide bonds. The van der Waals surface area contributed by atoms with Gasteiger partial charge in [-0.15, -0.1) is 0 Å². The van der Waals surface area contributed by atoms with Crippen LogP contribution in [-0.4, -0.2) is 18.6 Å². The van der Waals surface area contributed by atoms with E-state index in [0.717, 1.165) is 37.0 Å². The van der Waals surface area contributed by atoms with Crippen molar-refractivity contribution in [2.45, 2.75) is 50.6 Å². The predicted octanol–water partition coefficient (Wildman–Crippen LogP) is 2.53. The van der Waals surface area contributed by atoms with E-state index in [-0.39, 0.29) is 11.9 Å². The van der Waals surface area contributed by atoms with Crippen LogP contribution >= 0.6 is 0 Å². The first kappa shape index (κ1) is 14.9. The fourth-order valence-electron chi connectivity index (χ4n) is 2.85. The zero-order valence-electron chi connectivity index (χ0n) is 12.3. The van der Waals surface area contributed by atoms with Crippen molar-refractivity contribution in [1.82, 2.24) is 5.32 Å². The Bertz CT molecular complexity index is 467. The van der Waals surface area contributed by atoms with Crippen molar-refractivity contribution >= 4 is 5.91 Å². The van der Waals surface area contributed by atoms with Crippen molar-refractivity contribution < 1.29 is 9.53 Å². The Morgan fingerprint density at radius 2 is 1.95 bits per heavy atom. The van der Waals surface area contributed by atoms with Gasteiger partial charge in [0.1, 0.15) is 5.75 Å². The molecule has 0 radical (unpaired) electrons. The molecule has 1 atom stereocenters. The minimum atomic E-state index is -0.700. The number of benzene rings is 1. The number of para-hydroxylation sites is 1. The lowest BCUT2D eigenvalue weighted by Gasteiger charge is -2.33. The molecule has 1 aromatic carbocycles. The topological polar surface area (TPSA) is 64.3 Å². The smallest absolute Gasteiger partial charge is 0.240 e. The van der Waals surface area contributed by atoms with Crippen LogP contribution < -0.4 is 15.8 Å². The summed E-state index contributed by atoms with van der Waals surface area (Å²) in [5.41, 5.74) is 6.53. The highest BCUT2D eigenvalue weighted by Crippen LogP contribution is 2.28. The Morgan fingerprint density at radius 1 is 1.30 bits per heavy atom. The fraction of sp³-hybridized carbons (Fsp3) is 0.562. The third-order valence-electron chi connectivity index (χ3n) is 4.15. The molecule has 0 bridgehead atoms. The molecule has 0 aromatic heterocycles. The SMILES string of the molecule is COc1ccccc1[C@@H](C)NC(=O)C1(N)CCCCC1. The molecule has 0 heterocycles. The maximum absolute atomic E-state index is 12.4. The second kappa shape index (κ2) is 6.27. The van der Waals surface area contributed by atoms with Crippen molar-refractivity contribution in [3.8, 4) is 5.75 Å². The minimum absolute atomic E-state index is 0.0457. The first-order chi connectivity index (χ1) is 9.57. The van der Waals surface area contributed by atoms with Gasteiger partial charge in [0.05, 0.1) is 18.7 Å². The second-order valence-electron chi connectivity index (χ2n) is 5.65. The van der Waals surface area contributed by atoms with Gasteiger partial charge in [0.25, 0.3) is 0 Å². The van der Waals surface area contributed by atoms with E-state index in [1.165, 1.54) is 6.42 Å². The zero-order chi connectivity index (χ0) is 14.6.